The first-order valence-corrected chi connectivity index (χ1v) is 5.82. The first kappa shape index (κ1) is 13.3. The van der Waals surface area contributed by atoms with E-state index in [4.69, 9.17) is 4.74 Å². The third kappa shape index (κ3) is 2.65. The second-order valence-electron chi connectivity index (χ2n) is 4.46. The summed E-state index contributed by atoms with van der Waals surface area (Å²) in [6.45, 7) is 1.10. The van der Waals surface area contributed by atoms with Crippen molar-refractivity contribution in [2.45, 2.75) is 0 Å². The zero-order chi connectivity index (χ0) is 14.0. The number of aromatic carboxylic acids is 1. The predicted molar refractivity (Wildman–Crippen MR) is 69.5 cm³/mol. The highest BCUT2D eigenvalue weighted by atomic mass is 16.5. The Kier molecular flexibility index (Phi) is 3.66. The summed E-state index contributed by atoms with van der Waals surface area (Å²) >= 11 is 0. The lowest BCUT2D eigenvalue weighted by Gasteiger charge is -2.13. The zero-order valence-corrected chi connectivity index (χ0v) is 11.1. The molecule has 0 radical (unpaired) electrons. The number of likely N-dealkylation sites (N-methyl/N-ethyl adjacent to an activating group) is 1. The lowest BCUT2D eigenvalue weighted by molar-refractivity contribution is 0.0692. The number of hydrogen-bond acceptors (Lipinski definition) is 5. The first-order valence-electron chi connectivity index (χ1n) is 5.82. The third-order valence-corrected chi connectivity index (χ3v) is 2.73. The number of rotatable bonds is 5. The van der Waals surface area contributed by atoms with Gasteiger partial charge < -0.3 is 14.7 Å². The molecular formula is C12H16N4O3. The molecule has 7 heteroatoms. The summed E-state index contributed by atoms with van der Waals surface area (Å²) in [5, 5.41) is 13.9. The van der Waals surface area contributed by atoms with Crippen LogP contribution in [0.3, 0.4) is 0 Å². The first-order chi connectivity index (χ1) is 9.00. The molecule has 2 rings (SSSR count). The van der Waals surface area contributed by atoms with Crippen LogP contribution in [0.25, 0.3) is 11.0 Å². The van der Waals surface area contributed by atoms with Crippen LogP contribution in [-0.4, -0.2) is 58.0 Å². The molecule has 0 aliphatic carbocycles. The summed E-state index contributed by atoms with van der Waals surface area (Å²) in [6.07, 6.45) is 2.87. The summed E-state index contributed by atoms with van der Waals surface area (Å²) in [6, 6.07) is 0. The van der Waals surface area contributed by atoms with Crippen molar-refractivity contribution in [3.05, 3.63) is 18.0 Å². The van der Waals surface area contributed by atoms with E-state index >= 15 is 0 Å². The van der Waals surface area contributed by atoms with Gasteiger partial charge in [-0.2, -0.15) is 5.10 Å². The van der Waals surface area contributed by atoms with Crippen LogP contribution in [0.5, 0.6) is 5.75 Å². The number of nitrogens with zero attached hydrogens (tertiary/aromatic N) is 4. The van der Waals surface area contributed by atoms with E-state index in [2.05, 4.69) is 10.1 Å². The van der Waals surface area contributed by atoms with Crippen LogP contribution in [0, 0.1) is 0 Å². The van der Waals surface area contributed by atoms with Crippen molar-refractivity contribution < 1.29 is 14.6 Å². The lowest BCUT2D eigenvalue weighted by atomic mass is 10.2. The Morgan fingerprint density at radius 2 is 2.21 bits per heavy atom. The van der Waals surface area contributed by atoms with Crippen molar-refractivity contribution in [1.82, 2.24) is 19.7 Å². The van der Waals surface area contributed by atoms with Crippen molar-refractivity contribution >= 4 is 17.0 Å². The highest BCUT2D eigenvalue weighted by Crippen LogP contribution is 2.27. The van der Waals surface area contributed by atoms with E-state index in [0.29, 0.717) is 29.9 Å². The van der Waals surface area contributed by atoms with E-state index < -0.39 is 5.97 Å². The molecule has 0 fully saturated rings. The standard InChI is InChI=1S/C12H16N4O3/c1-15(2)4-5-19-10-8-7-14-16(3)11(8)13-6-9(10)12(17)18/h6-7H,4-5H2,1-3H3,(H,17,18). The third-order valence-electron chi connectivity index (χ3n) is 2.73. The van der Waals surface area contributed by atoms with Crippen molar-refractivity contribution in [3.8, 4) is 5.75 Å². The van der Waals surface area contributed by atoms with Gasteiger partial charge in [0, 0.05) is 19.8 Å². The molecule has 0 aliphatic rings. The number of ether oxygens (including phenoxy) is 1. The van der Waals surface area contributed by atoms with Gasteiger partial charge in [-0.1, -0.05) is 0 Å². The molecule has 2 heterocycles. The number of carbonyl (C=O) groups is 1. The van der Waals surface area contributed by atoms with Gasteiger partial charge in [0.25, 0.3) is 0 Å². The van der Waals surface area contributed by atoms with Crippen LogP contribution < -0.4 is 4.74 Å². The molecule has 0 unspecified atom stereocenters. The molecule has 0 saturated heterocycles. The highest BCUT2D eigenvalue weighted by molar-refractivity contribution is 5.97. The minimum Gasteiger partial charge on any atom is -0.490 e. The Bertz CT molecular complexity index is 606. The Morgan fingerprint density at radius 3 is 2.84 bits per heavy atom. The topological polar surface area (TPSA) is 80.5 Å². The van der Waals surface area contributed by atoms with Gasteiger partial charge in [0.2, 0.25) is 0 Å². The van der Waals surface area contributed by atoms with E-state index in [1.165, 1.54) is 6.20 Å². The van der Waals surface area contributed by atoms with E-state index in [-0.39, 0.29) is 5.56 Å². The van der Waals surface area contributed by atoms with Gasteiger partial charge in [-0.05, 0) is 14.1 Å². The molecule has 102 valence electrons. The molecular weight excluding hydrogens is 248 g/mol. The minimum absolute atomic E-state index is 0.0549. The maximum absolute atomic E-state index is 11.2. The quantitative estimate of drug-likeness (QED) is 0.852. The van der Waals surface area contributed by atoms with Crippen LogP contribution in [-0.2, 0) is 7.05 Å². The molecule has 0 aliphatic heterocycles. The van der Waals surface area contributed by atoms with Crippen LogP contribution >= 0.6 is 0 Å². The Labute approximate surface area is 110 Å². The van der Waals surface area contributed by atoms with Crippen LogP contribution in [0.4, 0.5) is 0 Å². The SMILES string of the molecule is CN(C)CCOc1c(C(=O)O)cnc2c1cnn2C. The van der Waals surface area contributed by atoms with Gasteiger partial charge >= 0.3 is 5.97 Å². The molecule has 0 saturated carbocycles. The smallest absolute Gasteiger partial charge is 0.341 e. The maximum Gasteiger partial charge on any atom is 0.341 e. The van der Waals surface area contributed by atoms with Crippen molar-refractivity contribution in [2.24, 2.45) is 7.05 Å². The van der Waals surface area contributed by atoms with Gasteiger partial charge in [-0.3, -0.25) is 4.68 Å². The summed E-state index contributed by atoms with van der Waals surface area (Å²) < 4.78 is 7.20. The molecule has 1 N–H and O–H groups in total. The van der Waals surface area contributed by atoms with Gasteiger partial charge in [0.15, 0.2) is 5.65 Å². The van der Waals surface area contributed by atoms with Crippen molar-refractivity contribution in [1.29, 1.82) is 0 Å². The highest BCUT2D eigenvalue weighted by Gasteiger charge is 2.18. The Morgan fingerprint density at radius 1 is 1.47 bits per heavy atom. The molecule has 0 atom stereocenters. The second kappa shape index (κ2) is 5.23. The zero-order valence-electron chi connectivity index (χ0n) is 11.1. The van der Waals surface area contributed by atoms with Crippen LogP contribution in [0.15, 0.2) is 12.4 Å². The average molecular weight is 264 g/mol. The number of aryl methyl sites for hydroxylation is 1. The fourth-order valence-electron chi connectivity index (χ4n) is 1.71. The van der Waals surface area contributed by atoms with Crippen LogP contribution in [0.1, 0.15) is 10.4 Å². The molecule has 0 amide bonds. The number of carboxylic acid groups (broad SMARTS) is 1. The lowest BCUT2D eigenvalue weighted by Crippen LogP contribution is -2.20. The number of fused-ring (bicyclic) bond motifs is 1. The van der Waals surface area contributed by atoms with Gasteiger partial charge in [-0.25, -0.2) is 9.78 Å². The monoisotopic (exact) mass is 264 g/mol. The summed E-state index contributed by atoms with van der Waals surface area (Å²) in [4.78, 5) is 17.3. The van der Waals surface area contributed by atoms with E-state index in [9.17, 15) is 9.90 Å². The minimum atomic E-state index is -1.06. The number of aromatic nitrogens is 3. The van der Waals surface area contributed by atoms with Gasteiger partial charge in [0.05, 0.1) is 11.6 Å². The summed E-state index contributed by atoms with van der Waals surface area (Å²) in [5.74, 6) is -0.731. The summed E-state index contributed by atoms with van der Waals surface area (Å²) in [5.41, 5.74) is 0.657. The van der Waals surface area contributed by atoms with Gasteiger partial charge in [0.1, 0.15) is 17.9 Å². The Hall–Kier alpha value is -2.15. The van der Waals surface area contributed by atoms with Crippen LogP contribution in [0.2, 0.25) is 0 Å². The summed E-state index contributed by atoms with van der Waals surface area (Å²) in [7, 11) is 5.60. The molecule has 19 heavy (non-hydrogen) atoms. The molecule has 0 aromatic carbocycles. The van der Waals surface area contributed by atoms with E-state index in [1.54, 1.807) is 17.9 Å². The molecule has 2 aromatic rings. The van der Waals surface area contributed by atoms with Gasteiger partial charge in [-0.15, -0.1) is 0 Å². The largest absolute Gasteiger partial charge is 0.490 e. The number of pyridine rings is 1. The number of carboxylic acids is 1. The van der Waals surface area contributed by atoms with E-state index in [1.807, 2.05) is 19.0 Å². The fourth-order valence-corrected chi connectivity index (χ4v) is 1.71. The van der Waals surface area contributed by atoms with Crippen molar-refractivity contribution in [3.63, 3.8) is 0 Å². The predicted octanol–water partition coefficient (Wildman–Crippen LogP) is 0.607. The Balaban J connectivity index is 2.41. The molecule has 2 aromatic heterocycles. The van der Waals surface area contributed by atoms with E-state index in [0.717, 1.165) is 0 Å². The second-order valence-corrected chi connectivity index (χ2v) is 4.46. The average Bonchev–Trinajstić information content (AvgIpc) is 2.71. The number of hydrogen-bond donors (Lipinski definition) is 1. The fraction of sp³-hybridized carbons (Fsp3) is 0.417. The molecule has 7 nitrogen and oxygen atoms in total. The molecule has 0 spiro atoms. The molecule has 0 bridgehead atoms. The maximum atomic E-state index is 11.2. The normalized spacial score (nSPS) is 11.2. The van der Waals surface area contributed by atoms with Crippen molar-refractivity contribution in [2.75, 3.05) is 27.2 Å².